The molecule has 0 saturated heterocycles. The van der Waals surface area contributed by atoms with Crippen molar-refractivity contribution in [3.63, 3.8) is 0 Å². The molecule has 4 N–H and O–H groups in total. The lowest BCUT2D eigenvalue weighted by atomic mass is 10.3. The normalized spacial score (nSPS) is 12.2. The van der Waals surface area contributed by atoms with Crippen LogP contribution in [0.15, 0.2) is 0 Å². The molecule has 1 amide bonds. The largest absolute Gasteiger partial charge is 0.479 e. The van der Waals surface area contributed by atoms with Crippen LogP contribution in [-0.2, 0) is 14.3 Å². The molecule has 12 heavy (non-hydrogen) atoms. The molecular weight excluding hydrogens is 164 g/mol. The second-order valence-corrected chi connectivity index (χ2v) is 2.07. The van der Waals surface area contributed by atoms with Gasteiger partial charge in [-0.1, -0.05) is 0 Å². The van der Waals surface area contributed by atoms with Gasteiger partial charge in [0.05, 0.1) is 13.1 Å². The Bertz CT molecular complexity index is 171. The van der Waals surface area contributed by atoms with Gasteiger partial charge in [0.15, 0.2) is 6.10 Å². The smallest absolute Gasteiger partial charge is 0.334 e. The molecular formula is C6H12N2O4. The van der Waals surface area contributed by atoms with E-state index in [2.05, 4.69) is 10.1 Å². The summed E-state index contributed by atoms with van der Waals surface area (Å²) in [5, 5.41) is 10.7. The molecule has 0 aliphatic carbocycles. The topological polar surface area (TPSA) is 102 Å². The lowest BCUT2D eigenvalue weighted by Gasteiger charge is -2.10. The van der Waals surface area contributed by atoms with E-state index in [4.69, 9.17) is 10.8 Å². The van der Waals surface area contributed by atoms with Gasteiger partial charge >= 0.3 is 5.97 Å². The molecule has 0 aliphatic heterocycles. The number of carbonyl (C=O) groups excluding carboxylic acids is 1. The third-order valence-corrected chi connectivity index (χ3v) is 1.23. The first-order valence-electron chi connectivity index (χ1n) is 3.34. The number of carboxylic acid groups (broad SMARTS) is 1. The molecule has 70 valence electrons. The maximum Gasteiger partial charge on any atom is 0.334 e. The van der Waals surface area contributed by atoms with E-state index in [-0.39, 0.29) is 13.1 Å². The second-order valence-electron chi connectivity index (χ2n) is 2.07. The SMILES string of the molecule is COC(CNC(=O)CN)C(=O)O. The predicted molar refractivity (Wildman–Crippen MR) is 40.5 cm³/mol. The summed E-state index contributed by atoms with van der Waals surface area (Å²) in [4.78, 5) is 20.9. The first-order valence-corrected chi connectivity index (χ1v) is 3.34. The zero-order chi connectivity index (χ0) is 9.56. The average Bonchev–Trinajstić information content (AvgIpc) is 2.04. The Balaban J connectivity index is 3.73. The summed E-state index contributed by atoms with van der Waals surface area (Å²) in [5.41, 5.74) is 4.98. The van der Waals surface area contributed by atoms with E-state index >= 15 is 0 Å². The molecule has 0 aromatic carbocycles. The lowest BCUT2D eigenvalue weighted by molar-refractivity contribution is -0.148. The Hall–Kier alpha value is -1.14. The van der Waals surface area contributed by atoms with E-state index in [1.807, 2.05) is 0 Å². The van der Waals surface area contributed by atoms with Gasteiger partial charge in [0.2, 0.25) is 5.91 Å². The van der Waals surface area contributed by atoms with Gasteiger partial charge in [0, 0.05) is 7.11 Å². The number of hydrogen-bond acceptors (Lipinski definition) is 4. The molecule has 0 spiro atoms. The van der Waals surface area contributed by atoms with Gasteiger partial charge in [0.25, 0.3) is 0 Å². The number of carboxylic acids is 1. The summed E-state index contributed by atoms with van der Waals surface area (Å²) >= 11 is 0. The number of aliphatic carboxylic acids is 1. The van der Waals surface area contributed by atoms with Crippen LogP contribution in [0.5, 0.6) is 0 Å². The van der Waals surface area contributed by atoms with Gasteiger partial charge in [-0.15, -0.1) is 0 Å². The Morgan fingerprint density at radius 1 is 1.67 bits per heavy atom. The quantitative estimate of drug-likeness (QED) is 0.457. The van der Waals surface area contributed by atoms with Crippen molar-refractivity contribution in [1.82, 2.24) is 5.32 Å². The molecule has 1 atom stereocenters. The van der Waals surface area contributed by atoms with E-state index in [9.17, 15) is 9.59 Å². The van der Waals surface area contributed by atoms with Crippen molar-refractivity contribution in [2.24, 2.45) is 5.73 Å². The average molecular weight is 176 g/mol. The fourth-order valence-corrected chi connectivity index (χ4v) is 0.550. The van der Waals surface area contributed by atoms with E-state index in [0.717, 1.165) is 0 Å². The molecule has 1 unspecified atom stereocenters. The third kappa shape index (κ3) is 3.89. The Morgan fingerprint density at radius 2 is 2.25 bits per heavy atom. The zero-order valence-electron chi connectivity index (χ0n) is 6.74. The van der Waals surface area contributed by atoms with Crippen LogP contribution in [0.3, 0.4) is 0 Å². The number of nitrogens with one attached hydrogen (secondary N) is 1. The highest BCUT2D eigenvalue weighted by Crippen LogP contribution is 1.86. The minimum Gasteiger partial charge on any atom is -0.479 e. The molecule has 0 aromatic heterocycles. The first-order chi connectivity index (χ1) is 5.61. The summed E-state index contributed by atoms with van der Waals surface area (Å²) in [6, 6.07) is 0. The molecule has 0 rings (SSSR count). The van der Waals surface area contributed by atoms with E-state index < -0.39 is 18.0 Å². The van der Waals surface area contributed by atoms with Crippen molar-refractivity contribution in [3.05, 3.63) is 0 Å². The number of methoxy groups -OCH3 is 1. The number of ether oxygens (including phenoxy) is 1. The number of carbonyl (C=O) groups is 2. The highest BCUT2D eigenvalue weighted by atomic mass is 16.5. The number of nitrogens with two attached hydrogens (primary N) is 1. The van der Waals surface area contributed by atoms with Crippen molar-refractivity contribution in [3.8, 4) is 0 Å². The molecule has 0 heterocycles. The number of amides is 1. The van der Waals surface area contributed by atoms with E-state index in [0.29, 0.717) is 0 Å². The van der Waals surface area contributed by atoms with Crippen LogP contribution in [0.2, 0.25) is 0 Å². The molecule has 0 saturated carbocycles. The van der Waals surface area contributed by atoms with Crippen LogP contribution in [0.25, 0.3) is 0 Å². The van der Waals surface area contributed by atoms with Crippen LogP contribution in [0.4, 0.5) is 0 Å². The van der Waals surface area contributed by atoms with Crippen molar-refractivity contribution in [2.45, 2.75) is 6.10 Å². The summed E-state index contributed by atoms with van der Waals surface area (Å²) in [5.74, 6) is -1.52. The fraction of sp³-hybridized carbons (Fsp3) is 0.667. The molecule has 0 bridgehead atoms. The summed E-state index contributed by atoms with van der Waals surface area (Å²) in [7, 11) is 1.26. The van der Waals surface area contributed by atoms with Gasteiger partial charge in [-0.25, -0.2) is 4.79 Å². The van der Waals surface area contributed by atoms with E-state index in [1.165, 1.54) is 7.11 Å². The monoisotopic (exact) mass is 176 g/mol. The maximum atomic E-state index is 10.6. The molecule has 6 nitrogen and oxygen atoms in total. The Morgan fingerprint density at radius 3 is 2.58 bits per heavy atom. The predicted octanol–water partition coefficient (Wildman–Crippen LogP) is -1.84. The fourth-order valence-electron chi connectivity index (χ4n) is 0.550. The van der Waals surface area contributed by atoms with Crippen molar-refractivity contribution >= 4 is 11.9 Å². The second kappa shape index (κ2) is 5.50. The third-order valence-electron chi connectivity index (χ3n) is 1.23. The molecule has 6 heteroatoms. The van der Waals surface area contributed by atoms with Crippen LogP contribution in [0.1, 0.15) is 0 Å². The van der Waals surface area contributed by atoms with Crippen LogP contribution < -0.4 is 11.1 Å². The minimum atomic E-state index is -1.12. The summed E-state index contributed by atoms with van der Waals surface area (Å²) < 4.78 is 4.55. The first kappa shape index (κ1) is 10.9. The Labute approximate surface area is 69.7 Å². The van der Waals surface area contributed by atoms with Crippen molar-refractivity contribution < 1.29 is 19.4 Å². The lowest BCUT2D eigenvalue weighted by Crippen LogP contribution is -2.40. The molecule has 0 fully saturated rings. The number of rotatable bonds is 5. The highest BCUT2D eigenvalue weighted by Gasteiger charge is 2.16. The minimum absolute atomic E-state index is 0.0676. The van der Waals surface area contributed by atoms with E-state index in [1.54, 1.807) is 0 Å². The van der Waals surface area contributed by atoms with Crippen molar-refractivity contribution in [2.75, 3.05) is 20.2 Å². The molecule has 0 radical (unpaired) electrons. The molecule has 0 aliphatic rings. The molecule has 0 aromatic rings. The zero-order valence-corrected chi connectivity index (χ0v) is 6.74. The van der Waals surface area contributed by atoms with Gasteiger partial charge < -0.3 is 20.9 Å². The summed E-state index contributed by atoms with van der Waals surface area (Å²) in [6.45, 7) is -0.224. The van der Waals surface area contributed by atoms with Gasteiger partial charge in [-0.2, -0.15) is 0 Å². The maximum absolute atomic E-state index is 10.6. The van der Waals surface area contributed by atoms with Gasteiger partial charge in [0.1, 0.15) is 0 Å². The van der Waals surface area contributed by atoms with Gasteiger partial charge in [-0.05, 0) is 0 Å². The van der Waals surface area contributed by atoms with Crippen LogP contribution in [0, 0.1) is 0 Å². The summed E-state index contributed by atoms with van der Waals surface area (Å²) in [6.07, 6.45) is -1.01. The van der Waals surface area contributed by atoms with Gasteiger partial charge in [-0.3, -0.25) is 4.79 Å². The van der Waals surface area contributed by atoms with Crippen LogP contribution >= 0.6 is 0 Å². The Kier molecular flexibility index (Phi) is 4.98. The highest BCUT2D eigenvalue weighted by molar-refractivity contribution is 5.79. The standard InChI is InChI=1S/C6H12N2O4/c1-12-4(6(10)11)3-8-5(9)2-7/h4H,2-3,7H2,1H3,(H,8,9)(H,10,11). The van der Waals surface area contributed by atoms with Crippen molar-refractivity contribution in [1.29, 1.82) is 0 Å². The van der Waals surface area contributed by atoms with Crippen LogP contribution in [-0.4, -0.2) is 43.3 Å². The number of hydrogen-bond donors (Lipinski definition) is 3.